The highest BCUT2D eigenvalue weighted by atomic mass is 16.5. The van der Waals surface area contributed by atoms with Crippen LogP contribution < -0.4 is 4.74 Å². The van der Waals surface area contributed by atoms with Crippen molar-refractivity contribution in [3.63, 3.8) is 0 Å². The van der Waals surface area contributed by atoms with Crippen LogP contribution in [0.25, 0.3) is 0 Å². The van der Waals surface area contributed by atoms with E-state index in [4.69, 9.17) is 4.74 Å². The fourth-order valence-corrected chi connectivity index (χ4v) is 6.28. The Morgan fingerprint density at radius 1 is 1.08 bits per heavy atom. The Hall–Kier alpha value is -2.08. The molecule has 0 aromatic heterocycles. The maximum absolute atomic E-state index is 13.6. The van der Waals surface area contributed by atoms with E-state index in [2.05, 4.69) is 55.7 Å². The van der Waals surface area contributed by atoms with E-state index < -0.39 is 0 Å². The highest BCUT2D eigenvalue weighted by Crippen LogP contribution is 2.37. The Balaban J connectivity index is 1.73. The molecule has 2 saturated heterocycles. The summed E-state index contributed by atoms with van der Waals surface area (Å²) in [6, 6.07) is 7.15. The van der Waals surface area contributed by atoms with Crippen molar-refractivity contribution in [2.24, 2.45) is 0 Å². The monoisotopic (exact) mass is 541 g/mol. The van der Waals surface area contributed by atoms with Crippen molar-refractivity contribution in [1.29, 1.82) is 0 Å². The lowest BCUT2D eigenvalue weighted by atomic mass is 9.92. The van der Waals surface area contributed by atoms with Gasteiger partial charge in [-0.25, -0.2) is 0 Å². The molecule has 2 heterocycles. The first kappa shape index (κ1) is 31.4. The van der Waals surface area contributed by atoms with Crippen LogP contribution in [0.4, 0.5) is 0 Å². The molecule has 6 nitrogen and oxygen atoms in total. The third kappa shape index (κ3) is 9.23. The normalized spacial score (nSPS) is 19.8. The molecule has 0 aliphatic carbocycles. The second-order valence-electron chi connectivity index (χ2n) is 12.0. The molecule has 2 fully saturated rings. The maximum atomic E-state index is 13.6. The van der Waals surface area contributed by atoms with Crippen LogP contribution in [0.2, 0.25) is 0 Å². The van der Waals surface area contributed by atoms with E-state index in [1.807, 2.05) is 11.8 Å². The number of amides is 2. The molecule has 39 heavy (non-hydrogen) atoms. The van der Waals surface area contributed by atoms with E-state index >= 15 is 0 Å². The minimum atomic E-state index is 0.282. The standard InChI is InChI=1S/C33H55N3O3/c1-6-9-11-19-35(18-10-7-2)33(38)25-36-24-28(22-29(36)14-12-20-34-21-13-15-32(34)37)27-16-17-30(26(4)5)31(23-27)39-8-3/h16-17,23,26,28-29H,6-15,18-22,24-25H2,1-5H3. The van der Waals surface area contributed by atoms with Gasteiger partial charge in [-0.2, -0.15) is 0 Å². The van der Waals surface area contributed by atoms with Crippen LogP contribution in [-0.2, 0) is 9.59 Å². The Morgan fingerprint density at radius 3 is 2.51 bits per heavy atom. The smallest absolute Gasteiger partial charge is 0.236 e. The first-order valence-electron chi connectivity index (χ1n) is 15.9. The summed E-state index contributed by atoms with van der Waals surface area (Å²) in [4.78, 5) is 32.3. The highest BCUT2D eigenvalue weighted by Gasteiger charge is 2.35. The number of hydrogen-bond acceptors (Lipinski definition) is 4. The van der Waals surface area contributed by atoms with Gasteiger partial charge in [-0.05, 0) is 74.5 Å². The molecule has 220 valence electrons. The van der Waals surface area contributed by atoms with Gasteiger partial charge >= 0.3 is 0 Å². The Morgan fingerprint density at radius 2 is 1.85 bits per heavy atom. The van der Waals surface area contributed by atoms with Gasteiger partial charge < -0.3 is 14.5 Å². The van der Waals surface area contributed by atoms with Gasteiger partial charge in [0.1, 0.15) is 5.75 Å². The Bertz CT molecular complexity index is 902. The van der Waals surface area contributed by atoms with Gasteiger partial charge in [0.05, 0.1) is 13.2 Å². The zero-order valence-electron chi connectivity index (χ0n) is 25.6. The number of carbonyl (C=O) groups excluding carboxylic acids is 2. The number of benzene rings is 1. The molecular weight excluding hydrogens is 486 g/mol. The average molecular weight is 542 g/mol. The Kier molecular flexibility index (Phi) is 13.1. The molecule has 2 aliphatic rings. The second kappa shape index (κ2) is 16.2. The summed E-state index contributed by atoms with van der Waals surface area (Å²) < 4.78 is 6.05. The number of rotatable bonds is 17. The summed E-state index contributed by atoms with van der Waals surface area (Å²) in [7, 11) is 0. The van der Waals surface area contributed by atoms with E-state index in [9.17, 15) is 9.59 Å². The summed E-state index contributed by atoms with van der Waals surface area (Å²) in [6.45, 7) is 16.5. The van der Waals surface area contributed by atoms with Gasteiger partial charge in [0.25, 0.3) is 0 Å². The van der Waals surface area contributed by atoms with Gasteiger partial charge in [-0.15, -0.1) is 0 Å². The lowest BCUT2D eigenvalue weighted by Gasteiger charge is -2.29. The Labute approximate surface area is 238 Å². The van der Waals surface area contributed by atoms with Gasteiger partial charge in [0.2, 0.25) is 11.8 Å². The summed E-state index contributed by atoms with van der Waals surface area (Å²) in [6.07, 6.45) is 10.4. The molecule has 0 radical (unpaired) electrons. The molecule has 0 N–H and O–H groups in total. The quantitative estimate of drug-likeness (QED) is 0.209. The van der Waals surface area contributed by atoms with E-state index in [1.54, 1.807) is 0 Å². The fourth-order valence-electron chi connectivity index (χ4n) is 6.28. The predicted molar refractivity (Wildman–Crippen MR) is 160 cm³/mol. The van der Waals surface area contributed by atoms with Crippen LogP contribution in [-0.4, -0.2) is 78.4 Å². The zero-order chi connectivity index (χ0) is 28.2. The molecule has 0 bridgehead atoms. The predicted octanol–water partition coefficient (Wildman–Crippen LogP) is 6.59. The number of unbranched alkanes of at least 4 members (excludes halogenated alkanes) is 3. The number of hydrogen-bond donors (Lipinski definition) is 0. The number of ether oxygens (including phenoxy) is 1. The molecule has 0 spiro atoms. The SMILES string of the molecule is CCCCCN(CCCC)C(=O)CN1CC(c2ccc(C(C)C)c(OCC)c2)CC1CCCN1CCCC1=O. The van der Waals surface area contributed by atoms with Crippen LogP contribution in [0.5, 0.6) is 5.75 Å². The third-order valence-corrected chi connectivity index (χ3v) is 8.60. The molecule has 1 aromatic carbocycles. The minimum absolute atomic E-state index is 0.282. The van der Waals surface area contributed by atoms with Crippen LogP contribution >= 0.6 is 0 Å². The molecule has 2 unspecified atom stereocenters. The molecule has 6 heteroatoms. The zero-order valence-corrected chi connectivity index (χ0v) is 25.6. The first-order chi connectivity index (χ1) is 18.9. The number of nitrogens with zero attached hydrogens (tertiary/aromatic N) is 3. The molecule has 3 rings (SSSR count). The van der Waals surface area contributed by atoms with Crippen molar-refractivity contribution >= 4 is 11.8 Å². The molecule has 2 amide bonds. The van der Waals surface area contributed by atoms with Crippen LogP contribution in [0.15, 0.2) is 18.2 Å². The van der Waals surface area contributed by atoms with Crippen LogP contribution in [0, 0.1) is 0 Å². The first-order valence-corrected chi connectivity index (χ1v) is 15.9. The minimum Gasteiger partial charge on any atom is -0.494 e. The molecule has 0 saturated carbocycles. The van der Waals surface area contributed by atoms with Crippen molar-refractivity contribution in [3.05, 3.63) is 29.3 Å². The second-order valence-corrected chi connectivity index (χ2v) is 12.0. The third-order valence-electron chi connectivity index (χ3n) is 8.60. The molecule has 2 atom stereocenters. The summed E-state index contributed by atoms with van der Waals surface area (Å²) in [5.41, 5.74) is 2.58. The van der Waals surface area contributed by atoms with Crippen molar-refractivity contribution < 1.29 is 14.3 Å². The van der Waals surface area contributed by atoms with E-state index in [1.165, 1.54) is 24.0 Å². The van der Waals surface area contributed by atoms with Crippen LogP contribution in [0.3, 0.4) is 0 Å². The van der Waals surface area contributed by atoms with Crippen molar-refractivity contribution in [3.8, 4) is 5.75 Å². The topological polar surface area (TPSA) is 53.1 Å². The van der Waals surface area contributed by atoms with Crippen molar-refractivity contribution in [2.45, 2.75) is 117 Å². The lowest BCUT2D eigenvalue weighted by molar-refractivity contribution is -0.132. The van der Waals surface area contributed by atoms with Gasteiger partial charge in [-0.1, -0.05) is 59.1 Å². The molecule has 2 aliphatic heterocycles. The highest BCUT2D eigenvalue weighted by molar-refractivity contribution is 5.78. The molecule has 1 aromatic rings. The number of carbonyl (C=O) groups is 2. The average Bonchev–Trinajstić information content (AvgIpc) is 3.51. The molecular formula is C33H55N3O3. The largest absolute Gasteiger partial charge is 0.494 e. The summed E-state index contributed by atoms with van der Waals surface area (Å²) in [5, 5.41) is 0. The summed E-state index contributed by atoms with van der Waals surface area (Å²) in [5.74, 6) is 2.40. The van der Waals surface area contributed by atoms with Gasteiger partial charge in [0, 0.05) is 45.2 Å². The maximum Gasteiger partial charge on any atom is 0.236 e. The van der Waals surface area contributed by atoms with Crippen LogP contribution in [0.1, 0.15) is 122 Å². The van der Waals surface area contributed by atoms with E-state index in [-0.39, 0.29) is 5.91 Å². The van der Waals surface area contributed by atoms with Crippen molar-refractivity contribution in [2.75, 3.05) is 45.9 Å². The van der Waals surface area contributed by atoms with Gasteiger partial charge in [0.15, 0.2) is 0 Å². The van der Waals surface area contributed by atoms with E-state index in [0.29, 0.717) is 43.4 Å². The fraction of sp³-hybridized carbons (Fsp3) is 0.758. The van der Waals surface area contributed by atoms with Gasteiger partial charge in [-0.3, -0.25) is 14.5 Å². The summed E-state index contributed by atoms with van der Waals surface area (Å²) >= 11 is 0. The number of likely N-dealkylation sites (tertiary alicyclic amines) is 2. The van der Waals surface area contributed by atoms with E-state index in [0.717, 1.165) is 83.4 Å². The van der Waals surface area contributed by atoms with Crippen molar-refractivity contribution in [1.82, 2.24) is 14.7 Å². The lowest BCUT2D eigenvalue weighted by Crippen LogP contribution is -2.43.